The first-order valence-corrected chi connectivity index (χ1v) is 6.78. The summed E-state index contributed by atoms with van der Waals surface area (Å²) in [5, 5.41) is 3.52. The Bertz CT molecular complexity index is 366. The van der Waals surface area contributed by atoms with Gasteiger partial charge in [-0.15, -0.1) is 0 Å². The zero-order valence-electron chi connectivity index (χ0n) is 12.3. The first kappa shape index (κ1) is 15.2. The fourth-order valence-electron chi connectivity index (χ4n) is 2.10. The third kappa shape index (κ3) is 5.63. The van der Waals surface area contributed by atoms with Crippen LogP contribution in [0.25, 0.3) is 0 Å². The highest BCUT2D eigenvalue weighted by atomic mass is 19.1. The predicted molar refractivity (Wildman–Crippen MR) is 76.4 cm³/mol. The van der Waals surface area contributed by atoms with Crippen molar-refractivity contribution in [1.29, 1.82) is 0 Å². The number of benzene rings is 1. The van der Waals surface area contributed by atoms with Crippen molar-refractivity contribution in [3.63, 3.8) is 0 Å². The summed E-state index contributed by atoms with van der Waals surface area (Å²) in [6, 6.07) is 7.00. The molecule has 0 bridgehead atoms. The number of nitrogens with one attached hydrogen (secondary N) is 1. The SMILES string of the molecule is CC(C)CC(CNC(C)(C)C)c1cccc(F)c1. The molecule has 1 nitrogen and oxygen atoms in total. The smallest absolute Gasteiger partial charge is 0.123 e. The highest BCUT2D eigenvalue weighted by molar-refractivity contribution is 5.21. The topological polar surface area (TPSA) is 12.0 Å². The molecule has 18 heavy (non-hydrogen) atoms. The van der Waals surface area contributed by atoms with Gasteiger partial charge in [0.25, 0.3) is 0 Å². The molecule has 0 radical (unpaired) electrons. The van der Waals surface area contributed by atoms with Gasteiger partial charge in [-0.1, -0.05) is 26.0 Å². The molecule has 0 saturated carbocycles. The first-order chi connectivity index (χ1) is 8.28. The fraction of sp³-hybridized carbons (Fsp3) is 0.625. The van der Waals surface area contributed by atoms with Gasteiger partial charge in [0.2, 0.25) is 0 Å². The van der Waals surface area contributed by atoms with Gasteiger partial charge in [0, 0.05) is 12.1 Å². The van der Waals surface area contributed by atoms with E-state index in [0.717, 1.165) is 18.5 Å². The molecule has 0 spiro atoms. The van der Waals surface area contributed by atoms with Gasteiger partial charge in [-0.2, -0.15) is 0 Å². The molecule has 2 heteroatoms. The maximum absolute atomic E-state index is 13.3. The van der Waals surface area contributed by atoms with Crippen LogP contribution < -0.4 is 5.32 Å². The van der Waals surface area contributed by atoms with Crippen molar-refractivity contribution in [2.24, 2.45) is 5.92 Å². The van der Waals surface area contributed by atoms with E-state index in [1.807, 2.05) is 6.07 Å². The lowest BCUT2D eigenvalue weighted by Crippen LogP contribution is -2.38. The average molecular weight is 251 g/mol. The normalized spacial score (nSPS) is 13.9. The van der Waals surface area contributed by atoms with Crippen molar-refractivity contribution in [3.05, 3.63) is 35.6 Å². The van der Waals surface area contributed by atoms with Crippen LogP contribution in [0.1, 0.15) is 52.5 Å². The van der Waals surface area contributed by atoms with Crippen LogP contribution in [0.3, 0.4) is 0 Å². The molecule has 0 aliphatic carbocycles. The van der Waals surface area contributed by atoms with Crippen LogP contribution >= 0.6 is 0 Å². The van der Waals surface area contributed by atoms with Gasteiger partial charge in [-0.25, -0.2) is 4.39 Å². The summed E-state index contributed by atoms with van der Waals surface area (Å²) in [7, 11) is 0. The summed E-state index contributed by atoms with van der Waals surface area (Å²) >= 11 is 0. The number of rotatable bonds is 5. The molecule has 0 fully saturated rings. The van der Waals surface area contributed by atoms with Crippen LogP contribution in [-0.4, -0.2) is 12.1 Å². The minimum absolute atomic E-state index is 0.0998. The molecule has 0 aromatic heterocycles. The third-order valence-electron chi connectivity index (χ3n) is 2.95. The largest absolute Gasteiger partial charge is 0.311 e. The molecule has 1 aromatic carbocycles. The zero-order chi connectivity index (χ0) is 13.8. The Morgan fingerprint density at radius 1 is 1.22 bits per heavy atom. The second-order valence-electron chi connectivity index (χ2n) is 6.51. The zero-order valence-corrected chi connectivity index (χ0v) is 12.3. The highest BCUT2D eigenvalue weighted by Crippen LogP contribution is 2.24. The molecule has 0 aliphatic heterocycles. The van der Waals surface area contributed by atoms with E-state index in [4.69, 9.17) is 0 Å². The summed E-state index contributed by atoms with van der Waals surface area (Å²) in [6.07, 6.45) is 1.08. The van der Waals surface area contributed by atoms with Crippen molar-refractivity contribution in [2.45, 2.75) is 52.5 Å². The lowest BCUT2D eigenvalue weighted by Gasteiger charge is -2.26. The van der Waals surface area contributed by atoms with Crippen molar-refractivity contribution < 1.29 is 4.39 Å². The van der Waals surface area contributed by atoms with Crippen molar-refractivity contribution in [3.8, 4) is 0 Å². The molecule has 102 valence electrons. The fourth-order valence-corrected chi connectivity index (χ4v) is 2.10. The molecule has 1 aromatic rings. The highest BCUT2D eigenvalue weighted by Gasteiger charge is 2.17. The van der Waals surface area contributed by atoms with E-state index in [9.17, 15) is 4.39 Å². The summed E-state index contributed by atoms with van der Waals surface area (Å²) in [4.78, 5) is 0. The minimum Gasteiger partial charge on any atom is -0.311 e. The molecule has 1 rings (SSSR count). The van der Waals surface area contributed by atoms with Gasteiger partial charge in [0.1, 0.15) is 5.82 Å². The van der Waals surface area contributed by atoms with Crippen LogP contribution in [0.15, 0.2) is 24.3 Å². The Kier molecular flexibility index (Phi) is 5.33. The number of hydrogen-bond donors (Lipinski definition) is 1. The Morgan fingerprint density at radius 3 is 2.39 bits per heavy atom. The summed E-state index contributed by atoms with van der Waals surface area (Å²) in [5.74, 6) is 0.844. The van der Waals surface area contributed by atoms with E-state index in [0.29, 0.717) is 11.8 Å². The van der Waals surface area contributed by atoms with E-state index in [-0.39, 0.29) is 11.4 Å². The monoisotopic (exact) mass is 251 g/mol. The van der Waals surface area contributed by atoms with Crippen molar-refractivity contribution in [2.75, 3.05) is 6.54 Å². The number of halogens is 1. The second kappa shape index (κ2) is 6.33. The second-order valence-corrected chi connectivity index (χ2v) is 6.51. The van der Waals surface area contributed by atoms with Crippen molar-refractivity contribution in [1.82, 2.24) is 5.32 Å². The van der Waals surface area contributed by atoms with Crippen molar-refractivity contribution >= 4 is 0 Å². The lowest BCUT2D eigenvalue weighted by atomic mass is 9.89. The average Bonchev–Trinajstić information content (AvgIpc) is 2.22. The molecule has 0 heterocycles. The van der Waals surface area contributed by atoms with Crippen LogP contribution in [-0.2, 0) is 0 Å². The Balaban J connectivity index is 2.78. The van der Waals surface area contributed by atoms with Crippen LogP contribution in [0.5, 0.6) is 0 Å². The molecule has 1 N–H and O–H groups in total. The Morgan fingerprint density at radius 2 is 1.89 bits per heavy atom. The van der Waals surface area contributed by atoms with Gasteiger partial charge >= 0.3 is 0 Å². The quantitative estimate of drug-likeness (QED) is 0.820. The molecule has 0 amide bonds. The van der Waals surface area contributed by atoms with E-state index < -0.39 is 0 Å². The van der Waals surface area contributed by atoms with Gasteiger partial charge < -0.3 is 5.32 Å². The van der Waals surface area contributed by atoms with E-state index >= 15 is 0 Å². The summed E-state index contributed by atoms with van der Waals surface area (Å²) in [5.41, 5.74) is 1.20. The summed E-state index contributed by atoms with van der Waals surface area (Å²) < 4.78 is 13.3. The predicted octanol–water partition coefficient (Wildman–Crippen LogP) is 4.34. The van der Waals surface area contributed by atoms with Gasteiger partial charge in [0.05, 0.1) is 0 Å². The maximum Gasteiger partial charge on any atom is 0.123 e. The van der Waals surface area contributed by atoms with E-state index in [1.165, 1.54) is 6.07 Å². The molecular formula is C16H26FN. The molecule has 1 unspecified atom stereocenters. The van der Waals surface area contributed by atoms with E-state index in [2.05, 4.69) is 39.9 Å². The molecule has 1 atom stereocenters. The third-order valence-corrected chi connectivity index (χ3v) is 2.95. The summed E-state index contributed by atoms with van der Waals surface area (Å²) in [6.45, 7) is 11.8. The Labute approximate surface area is 111 Å². The molecule has 0 saturated heterocycles. The maximum atomic E-state index is 13.3. The minimum atomic E-state index is -0.142. The first-order valence-electron chi connectivity index (χ1n) is 6.78. The Hall–Kier alpha value is -0.890. The molecular weight excluding hydrogens is 225 g/mol. The van der Waals surface area contributed by atoms with Crippen LogP contribution in [0, 0.1) is 11.7 Å². The standard InChI is InChI=1S/C16H26FN/c1-12(2)9-14(11-18-16(3,4)5)13-7-6-8-15(17)10-13/h6-8,10,12,14,18H,9,11H2,1-5H3. The van der Waals surface area contributed by atoms with Crippen LogP contribution in [0.4, 0.5) is 4.39 Å². The molecule has 0 aliphatic rings. The lowest BCUT2D eigenvalue weighted by molar-refractivity contribution is 0.381. The van der Waals surface area contributed by atoms with Gasteiger partial charge in [-0.3, -0.25) is 0 Å². The van der Waals surface area contributed by atoms with E-state index in [1.54, 1.807) is 12.1 Å². The van der Waals surface area contributed by atoms with Crippen LogP contribution in [0.2, 0.25) is 0 Å². The van der Waals surface area contributed by atoms with Gasteiger partial charge in [0.15, 0.2) is 0 Å². The number of hydrogen-bond acceptors (Lipinski definition) is 1. The van der Waals surface area contributed by atoms with Gasteiger partial charge in [-0.05, 0) is 56.7 Å².